The van der Waals surface area contributed by atoms with Gasteiger partial charge in [-0.05, 0) is 24.1 Å². The van der Waals surface area contributed by atoms with Crippen LogP contribution >= 0.6 is 0 Å². The Morgan fingerprint density at radius 3 is 2.27 bits per heavy atom. The molecule has 0 saturated carbocycles. The van der Waals surface area contributed by atoms with Gasteiger partial charge in [0.1, 0.15) is 5.75 Å². The zero-order chi connectivity index (χ0) is 11.9. The molecular formula is C11H15F3O. The molecule has 15 heavy (non-hydrogen) atoms. The molecule has 0 saturated heterocycles. The van der Waals surface area contributed by atoms with Crippen LogP contribution < -0.4 is 4.74 Å². The summed E-state index contributed by atoms with van der Waals surface area (Å²) < 4.78 is 39.0. The van der Waals surface area contributed by atoms with Crippen molar-refractivity contribution in [3.05, 3.63) is 29.8 Å². The second kappa shape index (κ2) is 6.32. The fourth-order valence-corrected chi connectivity index (χ4v) is 0.963. The summed E-state index contributed by atoms with van der Waals surface area (Å²) in [7, 11) is 0. The molecule has 1 aromatic rings. The van der Waals surface area contributed by atoms with Crippen molar-refractivity contribution < 1.29 is 17.9 Å². The molecule has 0 bridgehead atoms. The van der Waals surface area contributed by atoms with E-state index in [0.717, 1.165) is 5.56 Å². The van der Waals surface area contributed by atoms with Gasteiger partial charge in [0.15, 0.2) is 0 Å². The first-order chi connectivity index (χ1) is 7.01. The number of hydrogen-bond donors (Lipinski definition) is 0. The molecule has 0 heterocycles. The number of halogens is 3. The number of benzene rings is 1. The molecule has 4 heteroatoms. The molecule has 0 aliphatic carbocycles. The molecule has 0 fully saturated rings. The Hall–Kier alpha value is -1.19. The van der Waals surface area contributed by atoms with Crippen LogP contribution in [0.4, 0.5) is 13.2 Å². The fraction of sp³-hybridized carbons (Fsp3) is 0.455. The summed E-state index contributed by atoms with van der Waals surface area (Å²) in [6.45, 7) is 5.87. The minimum Gasteiger partial charge on any atom is -0.406 e. The Bertz CT molecular complexity index is 281. The number of rotatable bonds is 2. The first-order valence-corrected chi connectivity index (χ1v) is 4.86. The van der Waals surface area contributed by atoms with E-state index in [2.05, 4.69) is 4.74 Å². The van der Waals surface area contributed by atoms with E-state index in [9.17, 15) is 13.2 Å². The molecule has 86 valence electrons. The van der Waals surface area contributed by atoms with Gasteiger partial charge in [0.2, 0.25) is 0 Å². The highest BCUT2D eigenvalue weighted by atomic mass is 19.4. The van der Waals surface area contributed by atoms with Gasteiger partial charge in [0, 0.05) is 0 Å². The third-order valence-corrected chi connectivity index (χ3v) is 1.54. The van der Waals surface area contributed by atoms with Crippen LogP contribution in [0.1, 0.15) is 26.3 Å². The van der Waals surface area contributed by atoms with Crippen LogP contribution in [0.25, 0.3) is 0 Å². The first kappa shape index (κ1) is 13.8. The van der Waals surface area contributed by atoms with Crippen LogP contribution in [-0.4, -0.2) is 6.36 Å². The van der Waals surface area contributed by atoms with Gasteiger partial charge in [-0.2, -0.15) is 0 Å². The van der Waals surface area contributed by atoms with Gasteiger partial charge in [-0.1, -0.05) is 32.9 Å². The average Bonchev–Trinajstić information content (AvgIpc) is 2.19. The SMILES string of the molecule is CC.CCc1cccc(OC(F)(F)F)c1. The van der Waals surface area contributed by atoms with Crippen molar-refractivity contribution in [2.75, 3.05) is 0 Å². The van der Waals surface area contributed by atoms with Gasteiger partial charge in [-0.15, -0.1) is 13.2 Å². The van der Waals surface area contributed by atoms with E-state index in [1.807, 2.05) is 20.8 Å². The minimum atomic E-state index is -4.60. The molecular weight excluding hydrogens is 205 g/mol. The summed E-state index contributed by atoms with van der Waals surface area (Å²) in [6, 6.07) is 5.96. The maximum atomic E-state index is 11.8. The largest absolute Gasteiger partial charge is 0.573 e. The lowest BCUT2D eigenvalue weighted by Crippen LogP contribution is -2.17. The highest BCUT2D eigenvalue weighted by Gasteiger charge is 2.30. The number of ether oxygens (including phenoxy) is 1. The predicted octanol–water partition coefficient (Wildman–Crippen LogP) is 4.17. The van der Waals surface area contributed by atoms with Crippen molar-refractivity contribution in [1.29, 1.82) is 0 Å². The zero-order valence-electron chi connectivity index (χ0n) is 9.06. The highest BCUT2D eigenvalue weighted by Crippen LogP contribution is 2.23. The lowest BCUT2D eigenvalue weighted by molar-refractivity contribution is -0.274. The molecule has 1 rings (SSSR count). The maximum Gasteiger partial charge on any atom is 0.573 e. The monoisotopic (exact) mass is 220 g/mol. The van der Waals surface area contributed by atoms with Crippen molar-refractivity contribution in [2.24, 2.45) is 0 Å². The first-order valence-electron chi connectivity index (χ1n) is 4.86. The van der Waals surface area contributed by atoms with E-state index in [1.165, 1.54) is 12.1 Å². The molecule has 0 atom stereocenters. The van der Waals surface area contributed by atoms with Gasteiger partial charge >= 0.3 is 6.36 Å². The zero-order valence-corrected chi connectivity index (χ0v) is 9.06. The maximum absolute atomic E-state index is 11.8. The van der Waals surface area contributed by atoms with Gasteiger partial charge in [-0.3, -0.25) is 0 Å². The third-order valence-electron chi connectivity index (χ3n) is 1.54. The van der Waals surface area contributed by atoms with Crippen LogP contribution in [-0.2, 0) is 6.42 Å². The van der Waals surface area contributed by atoms with E-state index >= 15 is 0 Å². The number of alkyl halides is 3. The van der Waals surface area contributed by atoms with E-state index in [0.29, 0.717) is 6.42 Å². The Morgan fingerprint density at radius 2 is 1.80 bits per heavy atom. The standard InChI is InChI=1S/C9H9F3O.C2H6/c1-2-7-4-3-5-8(6-7)13-9(10,11)12;1-2/h3-6H,2H2,1H3;1-2H3. The van der Waals surface area contributed by atoms with Gasteiger partial charge in [-0.25, -0.2) is 0 Å². The molecule has 1 nitrogen and oxygen atoms in total. The van der Waals surface area contributed by atoms with Crippen LogP contribution in [0.15, 0.2) is 24.3 Å². The molecule has 0 aromatic heterocycles. The molecule has 0 aliphatic heterocycles. The number of aryl methyl sites for hydroxylation is 1. The fourth-order valence-electron chi connectivity index (χ4n) is 0.963. The van der Waals surface area contributed by atoms with Gasteiger partial charge in [0.25, 0.3) is 0 Å². The average molecular weight is 220 g/mol. The molecule has 0 spiro atoms. The summed E-state index contributed by atoms with van der Waals surface area (Å²) in [6.07, 6.45) is -3.92. The predicted molar refractivity (Wildman–Crippen MR) is 53.9 cm³/mol. The number of hydrogen-bond acceptors (Lipinski definition) is 1. The smallest absolute Gasteiger partial charge is 0.406 e. The summed E-state index contributed by atoms with van der Waals surface area (Å²) in [5.41, 5.74) is 0.821. The van der Waals surface area contributed by atoms with E-state index < -0.39 is 6.36 Å². The molecule has 0 unspecified atom stereocenters. The van der Waals surface area contributed by atoms with Crippen molar-refractivity contribution in [1.82, 2.24) is 0 Å². The second-order valence-corrected chi connectivity index (χ2v) is 2.55. The molecule has 1 aromatic carbocycles. The van der Waals surface area contributed by atoms with E-state index in [4.69, 9.17) is 0 Å². The molecule has 0 amide bonds. The highest BCUT2D eigenvalue weighted by molar-refractivity contribution is 5.28. The van der Waals surface area contributed by atoms with Crippen molar-refractivity contribution >= 4 is 0 Å². The van der Waals surface area contributed by atoms with Gasteiger partial charge < -0.3 is 4.74 Å². The Morgan fingerprint density at radius 1 is 1.20 bits per heavy atom. The molecule has 0 aliphatic rings. The van der Waals surface area contributed by atoms with E-state index in [-0.39, 0.29) is 5.75 Å². The third kappa shape index (κ3) is 5.99. The molecule has 0 N–H and O–H groups in total. The quantitative estimate of drug-likeness (QED) is 0.726. The Kier molecular flexibility index (Phi) is 5.82. The normalized spacial score (nSPS) is 10.3. The summed E-state index contributed by atoms with van der Waals surface area (Å²) >= 11 is 0. The van der Waals surface area contributed by atoms with Crippen molar-refractivity contribution in [3.63, 3.8) is 0 Å². The summed E-state index contributed by atoms with van der Waals surface area (Å²) in [5.74, 6) is -0.160. The lowest BCUT2D eigenvalue weighted by atomic mass is 10.2. The summed E-state index contributed by atoms with van der Waals surface area (Å²) in [4.78, 5) is 0. The van der Waals surface area contributed by atoms with Crippen molar-refractivity contribution in [2.45, 2.75) is 33.6 Å². The van der Waals surface area contributed by atoms with Crippen LogP contribution in [0.3, 0.4) is 0 Å². The minimum absolute atomic E-state index is 0.160. The van der Waals surface area contributed by atoms with Crippen LogP contribution in [0.2, 0.25) is 0 Å². The Balaban J connectivity index is 0.000000921. The Labute approximate surface area is 87.9 Å². The van der Waals surface area contributed by atoms with Gasteiger partial charge in [0.05, 0.1) is 0 Å². The topological polar surface area (TPSA) is 9.23 Å². The molecule has 0 radical (unpaired) electrons. The second-order valence-electron chi connectivity index (χ2n) is 2.55. The summed E-state index contributed by atoms with van der Waals surface area (Å²) in [5, 5.41) is 0. The van der Waals surface area contributed by atoms with Crippen LogP contribution in [0, 0.1) is 0 Å². The van der Waals surface area contributed by atoms with Crippen molar-refractivity contribution in [3.8, 4) is 5.75 Å². The van der Waals surface area contributed by atoms with Crippen LogP contribution in [0.5, 0.6) is 5.75 Å². The van der Waals surface area contributed by atoms with E-state index in [1.54, 1.807) is 12.1 Å². The lowest BCUT2D eigenvalue weighted by Gasteiger charge is -2.09.